The summed E-state index contributed by atoms with van der Waals surface area (Å²) in [6, 6.07) is 10.5. The molecule has 2 aromatic rings. The molecular formula is C20H27N3O6S2. The van der Waals surface area contributed by atoms with Crippen molar-refractivity contribution in [2.45, 2.75) is 25.2 Å². The largest absolute Gasteiger partial charge is 0.383 e. The van der Waals surface area contributed by atoms with E-state index in [1.807, 2.05) is 0 Å². The number of carbonyl (C=O) groups is 1. The van der Waals surface area contributed by atoms with Crippen molar-refractivity contribution in [2.75, 3.05) is 36.1 Å². The van der Waals surface area contributed by atoms with Gasteiger partial charge in [-0.1, -0.05) is 19.1 Å². The van der Waals surface area contributed by atoms with Gasteiger partial charge < -0.3 is 10.1 Å². The number of nitrogens with one attached hydrogen (secondary N) is 3. The first-order valence-electron chi connectivity index (χ1n) is 9.59. The first kappa shape index (κ1) is 24.8. The number of benzene rings is 2. The molecule has 0 unspecified atom stereocenters. The van der Waals surface area contributed by atoms with Crippen LogP contribution in [0.1, 0.15) is 29.3 Å². The van der Waals surface area contributed by atoms with Crippen LogP contribution in [0.15, 0.2) is 47.4 Å². The summed E-state index contributed by atoms with van der Waals surface area (Å²) in [5, 5.41) is 2.71. The molecule has 9 nitrogen and oxygen atoms in total. The predicted molar refractivity (Wildman–Crippen MR) is 120 cm³/mol. The maximum Gasteiger partial charge on any atom is 0.255 e. The standard InChI is InChI=1S/C20H27N3O6S2/c1-4-13-30(25,26)23-19-10-6-9-18(15(19)2)22-20(24)16-7-5-8-17(14-16)31(27,28)21-11-12-29-3/h5-10,14,21,23H,4,11-13H2,1-3H3,(H,22,24). The van der Waals surface area contributed by atoms with Gasteiger partial charge in [0.15, 0.2) is 0 Å². The smallest absolute Gasteiger partial charge is 0.255 e. The van der Waals surface area contributed by atoms with Crippen LogP contribution in [-0.2, 0) is 24.8 Å². The average molecular weight is 470 g/mol. The third kappa shape index (κ3) is 7.03. The molecule has 0 aliphatic heterocycles. The van der Waals surface area contributed by atoms with Crippen molar-refractivity contribution in [2.24, 2.45) is 0 Å². The Morgan fingerprint density at radius 2 is 1.71 bits per heavy atom. The van der Waals surface area contributed by atoms with Crippen LogP contribution in [0.2, 0.25) is 0 Å². The van der Waals surface area contributed by atoms with Crippen LogP contribution in [0.5, 0.6) is 0 Å². The number of anilines is 2. The van der Waals surface area contributed by atoms with Gasteiger partial charge in [0.2, 0.25) is 20.0 Å². The number of amides is 1. The molecule has 0 aliphatic rings. The Morgan fingerprint density at radius 3 is 2.39 bits per heavy atom. The van der Waals surface area contributed by atoms with E-state index in [2.05, 4.69) is 14.8 Å². The van der Waals surface area contributed by atoms with Gasteiger partial charge in [-0.15, -0.1) is 0 Å². The van der Waals surface area contributed by atoms with Crippen LogP contribution in [0.4, 0.5) is 11.4 Å². The van der Waals surface area contributed by atoms with Crippen molar-refractivity contribution in [1.29, 1.82) is 0 Å². The molecule has 3 N–H and O–H groups in total. The molecule has 0 radical (unpaired) electrons. The van der Waals surface area contributed by atoms with Crippen LogP contribution >= 0.6 is 0 Å². The zero-order valence-electron chi connectivity index (χ0n) is 17.6. The Hall–Kier alpha value is -2.47. The van der Waals surface area contributed by atoms with Crippen molar-refractivity contribution in [3.63, 3.8) is 0 Å². The van der Waals surface area contributed by atoms with E-state index in [4.69, 9.17) is 4.74 Å². The Kier molecular flexibility index (Phi) is 8.57. The Bertz CT molecular complexity index is 1130. The van der Waals surface area contributed by atoms with Crippen LogP contribution in [-0.4, -0.2) is 48.8 Å². The lowest BCUT2D eigenvalue weighted by molar-refractivity contribution is 0.102. The van der Waals surface area contributed by atoms with Gasteiger partial charge in [-0.05, 0) is 49.2 Å². The van der Waals surface area contributed by atoms with E-state index in [1.54, 1.807) is 32.0 Å². The summed E-state index contributed by atoms with van der Waals surface area (Å²) in [5.74, 6) is -0.534. The van der Waals surface area contributed by atoms with Crippen molar-refractivity contribution in [3.8, 4) is 0 Å². The highest BCUT2D eigenvalue weighted by molar-refractivity contribution is 7.92. The summed E-state index contributed by atoms with van der Waals surface area (Å²) < 4.78 is 58.6. The van der Waals surface area contributed by atoms with E-state index < -0.39 is 26.0 Å². The first-order valence-corrected chi connectivity index (χ1v) is 12.7. The molecule has 0 saturated carbocycles. The molecule has 0 atom stereocenters. The van der Waals surface area contributed by atoms with Gasteiger partial charge in [-0.3, -0.25) is 9.52 Å². The fraction of sp³-hybridized carbons (Fsp3) is 0.350. The lowest BCUT2D eigenvalue weighted by atomic mass is 10.1. The molecule has 0 bridgehead atoms. The van der Waals surface area contributed by atoms with Crippen molar-refractivity contribution in [1.82, 2.24) is 4.72 Å². The van der Waals surface area contributed by atoms with Gasteiger partial charge in [0.25, 0.3) is 5.91 Å². The Labute approximate surface area is 183 Å². The third-order valence-corrected chi connectivity index (χ3v) is 7.26. The van der Waals surface area contributed by atoms with E-state index in [0.717, 1.165) is 0 Å². The molecule has 0 heterocycles. The highest BCUT2D eigenvalue weighted by Gasteiger charge is 2.17. The van der Waals surface area contributed by atoms with Gasteiger partial charge in [0, 0.05) is 24.9 Å². The van der Waals surface area contributed by atoms with Crippen molar-refractivity contribution < 1.29 is 26.4 Å². The summed E-state index contributed by atoms with van der Waals surface area (Å²) >= 11 is 0. The Balaban J connectivity index is 2.22. The number of methoxy groups -OCH3 is 1. The topological polar surface area (TPSA) is 131 Å². The normalized spacial score (nSPS) is 11.8. The molecule has 11 heteroatoms. The number of hydrogen-bond donors (Lipinski definition) is 3. The van der Waals surface area contributed by atoms with E-state index in [-0.39, 0.29) is 29.4 Å². The SMILES string of the molecule is CCCS(=O)(=O)Nc1cccc(NC(=O)c2cccc(S(=O)(=O)NCCOC)c2)c1C. The Morgan fingerprint density at radius 1 is 1.03 bits per heavy atom. The molecule has 2 rings (SSSR count). The first-order chi connectivity index (χ1) is 14.6. The minimum Gasteiger partial charge on any atom is -0.383 e. The van der Waals surface area contributed by atoms with Crippen molar-refractivity contribution in [3.05, 3.63) is 53.6 Å². The van der Waals surface area contributed by atoms with Gasteiger partial charge in [0.05, 0.1) is 22.9 Å². The zero-order valence-corrected chi connectivity index (χ0v) is 19.3. The third-order valence-electron chi connectivity index (χ3n) is 4.33. The molecule has 0 aromatic heterocycles. The second-order valence-electron chi connectivity index (χ2n) is 6.77. The summed E-state index contributed by atoms with van der Waals surface area (Å²) in [5.41, 5.74) is 1.46. The summed E-state index contributed by atoms with van der Waals surface area (Å²) in [4.78, 5) is 12.7. The second kappa shape index (κ2) is 10.7. The van der Waals surface area contributed by atoms with E-state index in [9.17, 15) is 21.6 Å². The monoisotopic (exact) mass is 469 g/mol. The lowest BCUT2D eigenvalue weighted by Gasteiger charge is -2.14. The maximum absolute atomic E-state index is 12.7. The average Bonchev–Trinajstić information content (AvgIpc) is 2.71. The minimum absolute atomic E-state index is 0.0112. The summed E-state index contributed by atoms with van der Waals surface area (Å²) in [6.45, 7) is 3.77. The molecule has 31 heavy (non-hydrogen) atoms. The quantitative estimate of drug-likeness (QED) is 0.433. The summed E-state index contributed by atoms with van der Waals surface area (Å²) in [6.07, 6.45) is 0.477. The van der Waals surface area contributed by atoms with Crippen molar-refractivity contribution >= 4 is 37.3 Å². The molecular weight excluding hydrogens is 442 g/mol. The second-order valence-corrected chi connectivity index (χ2v) is 10.4. The predicted octanol–water partition coefficient (Wildman–Crippen LogP) is 2.32. The molecule has 170 valence electrons. The van der Waals surface area contributed by atoms with E-state index in [1.165, 1.54) is 31.4 Å². The van der Waals surface area contributed by atoms with Crippen LogP contribution < -0.4 is 14.8 Å². The van der Waals surface area contributed by atoms with Gasteiger partial charge >= 0.3 is 0 Å². The zero-order chi connectivity index (χ0) is 23.1. The number of ether oxygens (including phenoxy) is 1. The van der Waals surface area contributed by atoms with E-state index in [0.29, 0.717) is 23.4 Å². The molecule has 2 aromatic carbocycles. The van der Waals surface area contributed by atoms with Crippen LogP contribution in [0.3, 0.4) is 0 Å². The number of hydrogen-bond acceptors (Lipinski definition) is 6. The molecule has 1 amide bonds. The van der Waals surface area contributed by atoms with Crippen LogP contribution in [0, 0.1) is 6.92 Å². The van der Waals surface area contributed by atoms with Gasteiger partial charge in [0.1, 0.15) is 0 Å². The van der Waals surface area contributed by atoms with Gasteiger partial charge in [-0.25, -0.2) is 21.6 Å². The summed E-state index contributed by atoms with van der Waals surface area (Å²) in [7, 11) is -5.81. The lowest BCUT2D eigenvalue weighted by Crippen LogP contribution is -2.27. The molecule has 0 saturated heterocycles. The van der Waals surface area contributed by atoms with Gasteiger partial charge in [-0.2, -0.15) is 0 Å². The molecule has 0 spiro atoms. The molecule has 0 aliphatic carbocycles. The minimum atomic E-state index is -3.79. The fourth-order valence-electron chi connectivity index (χ4n) is 2.73. The number of carbonyl (C=O) groups excluding carboxylic acids is 1. The van der Waals surface area contributed by atoms with E-state index >= 15 is 0 Å². The highest BCUT2D eigenvalue weighted by atomic mass is 32.2. The molecule has 0 fully saturated rings. The maximum atomic E-state index is 12.7. The number of rotatable bonds is 11. The highest BCUT2D eigenvalue weighted by Crippen LogP contribution is 2.25. The number of sulfonamides is 2. The fourth-order valence-corrected chi connectivity index (χ4v) is 4.98. The van der Waals surface area contributed by atoms with Crippen LogP contribution in [0.25, 0.3) is 0 Å².